The summed E-state index contributed by atoms with van der Waals surface area (Å²) in [7, 11) is 1.73. The number of fused-ring (bicyclic) bond motifs is 2. The summed E-state index contributed by atoms with van der Waals surface area (Å²) in [4.78, 5) is 31.4. The summed E-state index contributed by atoms with van der Waals surface area (Å²) in [6.45, 7) is 1.11. The lowest BCUT2D eigenvalue weighted by molar-refractivity contribution is -0.131. The SMILES string of the molecule is CN(C[C@H]1COc2ccccc2O1)C(=O)CCn1cnc2sccc2c1=O. The first kappa shape index (κ1) is 17.5. The largest absolute Gasteiger partial charge is 0.486 e. The van der Waals surface area contributed by atoms with Gasteiger partial charge in [-0.25, -0.2) is 4.98 Å². The molecule has 7 nitrogen and oxygen atoms in total. The van der Waals surface area contributed by atoms with Crippen LogP contribution in [0.1, 0.15) is 6.42 Å². The lowest BCUT2D eigenvalue weighted by atomic mass is 10.2. The zero-order valence-electron chi connectivity index (χ0n) is 14.8. The van der Waals surface area contributed by atoms with Gasteiger partial charge in [0.25, 0.3) is 5.56 Å². The number of ether oxygens (including phenoxy) is 2. The number of likely N-dealkylation sites (N-methyl/N-ethyl adjacent to an activating group) is 1. The van der Waals surface area contributed by atoms with Crippen LogP contribution < -0.4 is 15.0 Å². The Morgan fingerprint density at radius 3 is 3.00 bits per heavy atom. The van der Waals surface area contributed by atoms with Gasteiger partial charge in [-0.1, -0.05) is 12.1 Å². The Labute approximate surface area is 159 Å². The molecular formula is C19H19N3O4S. The van der Waals surface area contributed by atoms with Crippen LogP contribution in [0, 0.1) is 0 Å². The van der Waals surface area contributed by atoms with Crippen molar-refractivity contribution in [1.82, 2.24) is 14.5 Å². The van der Waals surface area contributed by atoms with Crippen LogP contribution in [0.15, 0.2) is 46.8 Å². The van der Waals surface area contributed by atoms with Crippen LogP contribution in [0.5, 0.6) is 11.5 Å². The van der Waals surface area contributed by atoms with Gasteiger partial charge in [0.2, 0.25) is 5.91 Å². The highest BCUT2D eigenvalue weighted by molar-refractivity contribution is 7.16. The molecule has 0 fully saturated rings. The van der Waals surface area contributed by atoms with Gasteiger partial charge in [0, 0.05) is 20.0 Å². The second-order valence-corrected chi connectivity index (χ2v) is 7.30. The number of nitrogens with zero attached hydrogens (tertiary/aromatic N) is 3. The van der Waals surface area contributed by atoms with Gasteiger partial charge in [-0.15, -0.1) is 11.3 Å². The second kappa shape index (κ2) is 7.40. The highest BCUT2D eigenvalue weighted by Gasteiger charge is 2.23. The molecule has 2 aromatic heterocycles. The molecule has 4 rings (SSSR count). The van der Waals surface area contributed by atoms with E-state index in [1.54, 1.807) is 18.0 Å². The average molecular weight is 385 g/mol. The van der Waals surface area contributed by atoms with Crippen LogP contribution in [-0.4, -0.2) is 46.7 Å². The van der Waals surface area contributed by atoms with Crippen LogP contribution >= 0.6 is 11.3 Å². The summed E-state index contributed by atoms with van der Waals surface area (Å²) in [5.41, 5.74) is -0.114. The molecule has 8 heteroatoms. The highest BCUT2D eigenvalue weighted by atomic mass is 32.1. The molecule has 0 unspecified atom stereocenters. The van der Waals surface area contributed by atoms with Crippen molar-refractivity contribution in [2.75, 3.05) is 20.2 Å². The van der Waals surface area contributed by atoms with Crippen molar-refractivity contribution >= 4 is 27.5 Å². The molecule has 0 radical (unpaired) electrons. The minimum Gasteiger partial charge on any atom is -0.486 e. The number of rotatable bonds is 5. The maximum atomic E-state index is 12.5. The van der Waals surface area contributed by atoms with Gasteiger partial charge in [-0.05, 0) is 23.6 Å². The minimum atomic E-state index is -0.222. The smallest absolute Gasteiger partial charge is 0.262 e. The number of hydrogen-bond donors (Lipinski definition) is 0. The maximum absolute atomic E-state index is 12.5. The van der Waals surface area contributed by atoms with E-state index >= 15 is 0 Å². The van der Waals surface area contributed by atoms with Gasteiger partial charge in [0.15, 0.2) is 17.6 Å². The monoisotopic (exact) mass is 385 g/mol. The van der Waals surface area contributed by atoms with Crippen molar-refractivity contribution in [2.45, 2.75) is 19.1 Å². The fourth-order valence-corrected chi connectivity index (χ4v) is 3.74. The number of aromatic nitrogens is 2. The van der Waals surface area contributed by atoms with Gasteiger partial charge < -0.3 is 14.4 Å². The van der Waals surface area contributed by atoms with Crippen LogP contribution in [0.2, 0.25) is 0 Å². The lowest BCUT2D eigenvalue weighted by Crippen LogP contribution is -2.42. The number of amides is 1. The van der Waals surface area contributed by atoms with Gasteiger partial charge in [-0.3, -0.25) is 14.2 Å². The van der Waals surface area contributed by atoms with Crippen LogP contribution in [0.4, 0.5) is 0 Å². The van der Waals surface area contributed by atoms with Crippen molar-refractivity contribution < 1.29 is 14.3 Å². The molecule has 1 aliphatic rings. The normalized spacial score (nSPS) is 15.7. The van der Waals surface area contributed by atoms with E-state index in [4.69, 9.17) is 9.47 Å². The van der Waals surface area contributed by atoms with Gasteiger partial charge in [-0.2, -0.15) is 0 Å². The summed E-state index contributed by atoms with van der Waals surface area (Å²) in [6.07, 6.45) is 1.50. The van der Waals surface area contributed by atoms with Gasteiger partial charge in [0.05, 0.1) is 18.3 Å². The Morgan fingerprint density at radius 2 is 2.15 bits per heavy atom. The zero-order chi connectivity index (χ0) is 18.8. The predicted octanol–water partition coefficient (Wildman–Crippen LogP) is 2.15. The highest BCUT2D eigenvalue weighted by Crippen LogP contribution is 2.30. The van der Waals surface area contributed by atoms with Gasteiger partial charge in [0.1, 0.15) is 11.4 Å². The summed E-state index contributed by atoms with van der Waals surface area (Å²) in [5, 5.41) is 2.43. The molecule has 0 N–H and O–H groups in total. The second-order valence-electron chi connectivity index (χ2n) is 6.40. The molecule has 0 saturated heterocycles. The Kier molecular flexibility index (Phi) is 4.81. The third kappa shape index (κ3) is 3.66. The number of carbonyl (C=O) groups excluding carboxylic acids is 1. The fourth-order valence-electron chi connectivity index (χ4n) is 3.02. The molecule has 1 aliphatic heterocycles. The Hall–Kier alpha value is -2.87. The third-order valence-corrected chi connectivity index (χ3v) is 5.31. The van der Waals surface area contributed by atoms with Crippen molar-refractivity contribution in [3.63, 3.8) is 0 Å². The van der Waals surface area contributed by atoms with Crippen LogP contribution in [0.3, 0.4) is 0 Å². The summed E-state index contributed by atoms with van der Waals surface area (Å²) in [6, 6.07) is 9.25. The van der Waals surface area contributed by atoms with E-state index in [2.05, 4.69) is 4.98 Å². The van der Waals surface area contributed by atoms with E-state index in [-0.39, 0.29) is 24.0 Å². The number of hydrogen-bond acceptors (Lipinski definition) is 6. The molecule has 1 amide bonds. The number of carbonyl (C=O) groups is 1. The summed E-state index contributed by atoms with van der Waals surface area (Å²) >= 11 is 1.43. The predicted molar refractivity (Wildman–Crippen MR) is 102 cm³/mol. The van der Waals surface area contributed by atoms with E-state index in [1.165, 1.54) is 22.2 Å². The van der Waals surface area contributed by atoms with E-state index in [0.717, 1.165) is 10.6 Å². The Bertz CT molecular complexity index is 1030. The van der Waals surface area contributed by atoms with Crippen LogP contribution in [-0.2, 0) is 11.3 Å². The summed E-state index contributed by atoms with van der Waals surface area (Å²) < 4.78 is 13.1. The van der Waals surface area contributed by atoms with Crippen LogP contribution in [0.25, 0.3) is 10.2 Å². The number of aryl methyl sites for hydroxylation is 1. The van der Waals surface area contributed by atoms with Crippen molar-refractivity contribution in [1.29, 1.82) is 0 Å². The lowest BCUT2D eigenvalue weighted by Gasteiger charge is -2.29. The Balaban J connectivity index is 1.34. The van der Waals surface area contributed by atoms with E-state index in [1.807, 2.05) is 29.6 Å². The summed E-state index contributed by atoms with van der Waals surface area (Å²) in [5.74, 6) is 1.35. The first-order valence-electron chi connectivity index (χ1n) is 8.67. The first-order valence-corrected chi connectivity index (χ1v) is 9.55. The first-order chi connectivity index (χ1) is 13.1. The van der Waals surface area contributed by atoms with E-state index in [0.29, 0.717) is 30.8 Å². The number of benzene rings is 1. The maximum Gasteiger partial charge on any atom is 0.262 e. The molecule has 0 spiro atoms. The standard InChI is InChI=1S/C19H19N3O4S/c1-21(10-13-11-25-15-4-2-3-5-16(15)26-13)17(23)6-8-22-12-20-18-14(19(22)24)7-9-27-18/h2-5,7,9,12-13H,6,8,10-11H2,1H3/t13-/m0/s1. The number of thiophene rings is 1. The molecule has 1 atom stereocenters. The molecule has 140 valence electrons. The van der Waals surface area contributed by atoms with Crippen molar-refractivity contribution in [2.24, 2.45) is 0 Å². The molecular weight excluding hydrogens is 366 g/mol. The molecule has 1 aromatic carbocycles. The zero-order valence-corrected chi connectivity index (χ0v) is 15.6. The topological polar surface area (TPSA) is 73.7 Å². The molecule has 0 saturated carbocycles. The Morgan fingerprint density at radius 1 is 1.33 bits per heavy atom. The quantitative estimate of drug-likeness (QED) is 0.673. The number of para-hydroxylation sites is 2. The molecule has 27 heavy (non-hydrogen) atoms. The average Bonchev–Trinajstić information content (AvgIpc) is 3.17. The minimum absolute atomic E-state index is 0.0604. The molecule has 0 aliphatic carbocycles. The molecule has 3 aromatic rings. The van der Waals surface area contributed by atoms with E-state index in [9.17, 15) is 9.59 Å². The van der Waals surface area contributed by atoms with Gasteiger partial charge >= 0.3 is 0 Å². The third-order valence-electron chi connectivity index (χ3n) is 4.49. The van der Waals surface area contributed by atoms with E-state index < -0.39 is 0 Å². The molecule has 0 bridgehead atoms. The van der Waals surface area contributed by atoms with Crippen molar-refractivity contribution in [3.8, 4) is 11.5 Å². The molecule has 3 heterocycles. The van der Waals surface area contributed by atoms with Crippen molar-refractivity contribution in [3.05, 3.63) is 52.4 Å². The fraction of sp³-hybridized carbons (Fsp3) is 0.316.